The fourth-order valence-corrected chi connectivity index (χ4v) is 2.78. The molecule has 2 aliphatic carbocycles. The zero-order chi connectivity index (χ0) is 7.42. The van der Waals surface area contributed by atoms with E-state index in [4.69, 9.17) is 4.74 Å². The fraction of sp³-hybridized carbons (Fsp3) is 0.667. The van der Waals surface area contributed by atoms with Crippen LogP contribution in [0.25, 0.3) is 0 Å². The molecule has 11 heavy (non-hydrogen) atoms. The highest BCUT2D eigenvalue weighted by atomic mass is 16.5. The Bertz CT molecular complexity index is 244. The van der Waals surface area contributed by atoms with Crippen molar-refractivity contribution in [3.05, 3.63) is 12.2 Å². The third-order valence-corrected chi connectivity index (χ3v) is 3.31. The Kier molecular flexibility index (Phi) is 0.888. The zero-order valence-electron chi connectivity index (χ0n) is 6.19. The molecule has 0 aromatic heterocycles. The molecule has 1 saturated heterocycles. The van der Waals surface area contributed by atoms with Crippen molar-refractivity contribution in [3.63, 3.8) is 0 Å². The molecule has 3 aliphatic rings. The molecule has 2 heteroatoms. The fourth-order valence-electron chi connectivity index (χ4n) is 2.78. The normalized spacial score (nSPS) is 51.5. The number of carbonyl (C=O) groups is 1. The van der Waals surface area contributed by atoms with Crippen molar-refractivity contribution < 1.29 is 9.53 Å². The summed E-state index contributed by atoms with van der Waals surface area (Å²) in [5.74, 6) is 1.96. The van der Waals surface area contributed by atoms with Crippen LogP contribution in [0.5, 0.6) is 0 Å². The molecule has 1 heterocycles. The first-order valence-electron chi connectivity index (χ1n) is 4.21. The van der Waals surface area contributed by atoms with Crippen molar-refractivity contribution in [1.82, 2.24) is 0 Å². The monoisotopic (exact) mass is 150 g/mol. The molecule has 0 aromatic rings. The van der Waals surface area contributed by atoms with E-state index in [1.807, 2.05) is 0 Å². The number of hydrogen-bond acceptors (Lipinski definition) is 2. The van der Waals surface area contributed by atoms with Crippen LogP contribution in [-0.2, 0) is 9.53 Å². The number of cyclic esters (lactones) is 1. The van der Waals surface area contributed by atoms with Gasteiger partial charge in [-0.15, -0.1) is 0 Å². The van der Waals surface area contributed by atoms with Crippen LogP contribution in [-0.4, -0.2) is 12.6 Å². The van der Waals surface area contributed by atoms with Crippen LogP contribution in [0.4, 0.5) is 0 Å². The summed E-state index contributed by atoms with van der Waals surface area (Å²) in [5, 5.41) is 0. The van der Waals surface area contributed by atoms with Gasteiger partial charge in [0.1, 0.15) is 0 Å². The van der Waals surface area contributed by atoms with Gasteiger partial charge in [-0.05, 0) is 18.3 Å². The van der Waals surface area contributed by atoms with Crippen molar-refractivity contribution in [2.45, 2.75) is 6.42 Å². The van der Waals surface area contributed by atoms with Gasteiger partial charge in [0, 0.05) is 5.92 Å². The summed E-state index contributed by atoms with van der Waals surface area (Å²) in [4.78, 5) is 11.2. The lowest BCUT2D eigenvalue weighted by atomic mass is 9.86. The molecule has 1 aliphatic heterocycles. The van der Waals surface area contributed by atoms with Gasteiger partial charge in [-0.1, -0.05) is 12.2 Å². The Hall–Kier alpha value is -0.790. The molecule has 0 amide bonds. The summed E-state index contributed by atoms with van der Waals surface area (Å²) in [6, 6.07) is 0. The molecule has 4 atom stereocenters. The first-order valence-corrected chi connectivity index (χ1v) is 4.21. The molecule has 2 nitrogen and oxygen atoms in total. The molecule has 2 fully saturated rings. The molecule has 58 valence electrons. The molecule has 0 aromatic carbocycles. The Labute approximate surface area is 65.2 Å². The van der Waals surface area contributed by atoms with E-state index in [-0.39, 0.29) is 11.9 Å². The standard InChI is InChI=1S/C9H10O2/c10-9-8-6-2-1-5(3-6)7(8)4-11-9/h1-2,5-8H,3-4H2/t5?,6-,7?,8-/m0/s1. The van der Waals surface area contributed by atoms with Gasteiger partial charge in [0.2, 0.25) is 0 Å². The maximum absolute atomic E-state index is 11.2. The molecule has 2 unspecified atom stereocenters. The molecule has 3 rings (SSSR count). The van der Waals surface area contributed by atoms with Crippen molar-refractivity contribution in [1.29, 1.82) is 0 Å². The summed E-state index contributed by atoms with van der Waals surface area (Å²) in [5.41, 5.74) is 0. The van der Waals surface area contributed by atoms with Gasteiger partial charge in [-0.2, -0.15) is 0 Å². The number of ether oxygens (including phenoxy) is 1. The van der Waals surface area contributed by atoms with Crippen LogP contribution < -0.4 is 0 Å². The van der Waals surface area contributed by atoms with Crippen LogP contribution in [0.1, 0.15) is 6.42 Å². The zero-order valence-corrected chi connectivity index (χ0v) is 6.19. The molecule has 0 N–H and O–H groups in total. The van der Waals surface area contributed by atoms with Crippen molar-refractivity contribution >= 4 is 5.97 Å². The van der Waals surface area contributed by atoms with E-state index in [0.717, 1.165) is 0 Å². The molecule has 1 saturated carbocycles. The number of esters is 1. The number of fused-ring (bicyclic) bond motifs is 5. The second-order valence-corrected chi connectivity index (χ2v) is 3.77. The molecular weight excluding hydrogens is 140 g/mol. The minimum absolute atomic E-state index is 0.0480. The SMILES string of the molecule is O=C1OCC2C3C=C[C@@H](C3)[C@H]12. The Morgan fingerprint density at radius 2 is 2.18 bits per heavy atom. The number of hydrogen-bond donors (Lipinski definition) is 0. The minimum atomic E-state index is 0.0480. The molecule has 2 bridgehead atoms. The van der Waals surface area contributed by atoms with Crippen LogP contribution in [0.3, 0.4) is 0 Å². The summed E-state index contributed by atoms with van der Waals surface area (Å²) in [6.07, 6.45) is 5.65. The quantitative estimate of drug-likeness (QED) is 0.380. The van der Waals surface area contributed by atoms with Gasteiger partial charge >= 0.3 is 5.97 Å². The molecule has 0 spiro atoms. The van der Waals surface area contributed by atoms with Crippen LogP contribution in [0, 0.1) is 23.7 Å². The first kappa shape index (κ1) is 5.81. The predicted molar refractivity (Wildman–Crippen MR) is 38.7 cm³/mol. The minimum Gasteiger partial charge on any atom is -0.465 e. The van der Waals surface area contributed by atoms with E-state index in [0.29, 0.717) is 24.4 Å². The highest BCUT2D eigenvalue weighted by Crippen LogP contribution is 2.50. The maximum atomic E-state index is 11.2. The summed E-state index contributed by atoms with van der Waals surface area (Å²) >= 11 is 0. The summed E-state index contributed by atoms with van der Waals surface area (Å²) in [6.45, 7) is 0.676. The van der Waals surface area contributed by atoms with E-state index >= 15 is 0 Å². The Morgan fingerprint density at radius 3 is 3.00 bits per heavy atom. The van der Waals surface area contributed by atoms with E-state index in [1.165, 1.54) is 6.42 Å². The lowest BCUT2D eigenvalue weighted by molar-refractivity contribution is -0.142. The number of rotatable bonds is 0. The second kappa shape index (κ2) is 1.68. The van der Waals surface area contributed by atoms with Gasteiger partial charge in [0.15, 0.2) is 0 Å². The van der Waals surface area contributed by atoms with Gasteiger partial charge in [-0.3, -0.25) is 4.79 Å². The Balaban J connectivity index is 2.03. The maximum Gasteiger partial charge on any atom is 0.309 e. The van der Waals surface area contributed by atoms with Crippen LogP contribution in [0.2, 0.25) is 0 Å². The van der Waals surface area contributed by atoms with E-state index in [9.17, 15) is 4.79 Å². The second-order valence-electron chi connectivity index (χ2n) is 3.77. The largest absolute Gasteiger partial charge is 0.465 e. The summed E-state index contributed by atoms with van der Waals surface area (Å²) in [7, 11) is 0. The highest BCUT2D eigenvalue weighted by molar-refractivity contribution is 5.76. The van der Waals surface area contributed by atoms with Gasteiger partial charge in [0.05, 0.1) is 12.5 Å². The van der Waals surface area contributed by atoms with Crippen molar-refractivity contribution in [2.24, 2.45) is 23.7 Å². The van der Waals surface area contributed by atoms with Crippen LogP contribution >= 0.6 is 0 Å². The third-order valence-electron chi connectivity index (χ3n) is 3.31. The average Bonchev–Trinajstić information content (AvgIpc) is 2.60. The predicted octanol–water partition coefficient (Wildman–Crippen LogP) is 0.982. The topological polar surface area (TPSA) is 26.3 Å². The van der Waals surface area contributed by atoms with E-state index < -0.39 is 0 Å². The third kappa shape index (κ3) is 0.561. The number of allylic oxidation sites excluding steroid dienone is 2. The lowest BCUT2D eigenvalue weighted by Gasteiger charge is -2.14. The van der Waals surface area contributed by atoms with E-state index in [2.05, 4.69) is 12.2 Å². The lowest BCUT2D eigenvalue weighted by Crippen LogP contribution is -2.19. The Morgan fingerprint density at radius 1 is 1.36 bits per heavy atom. The molecular formula is C9H10O2. The van der Waals surface area contributed by atoms with Gasteiger partial charge < -0.3 is 4.74 Å². The van der Waals surface area contributed by atoms with Gasteiger partial charge in [0.25, 0.3) is 0 Å². The van der Waals surface area contributed by atoms with Gasteiger partial charge in [-0.25, -0.2) is 0 Å². The highest BCUT2D eigenvalue weighted by Gasteiger charge is 2.52. The van der Waals surface area contributed by atoms with Crippen LogP contribution in [0.15, 0.2) is 12.2 Å². The number of carbonyl (C=O) groups excluding carboxylic acids is 1. The smallest absolute Gasteiger partial charge is 0.309 e. The first-order chi connectivity index (χ1) is 5.36. The van der Waals surface area contributed by atoms with E-state index in [1.54, 1.807) is 0 Å². The molecule has 0 radical (unpaired) electrons. The summed E-state index contributed by atoms with van der Waals surface area (Å²) < 4.78 is 5.02. The average molecular weight is 150 g/mol. The van der Waals surface area contributed by atoms with Crippen molar-refractivity contribution in [3.8, 4) is 0 Å². The van der Waals surface area contributed by atoms with Crippen molar-refractivity contribution in [2.75, 3.05) is 6.61 Å².